The summed E-state index contributed by atoms with van der Waals surface area (Å²) in [5.74, 6) is -0.490. The summed E-state index contributed by atoms with van der Waals surface area (Å²) in [6.45, 7) is 1.77. The maximum absolute atomic E-state index is 11.7. The van der Waals surface area contributed by atoms with Crippen molar-refractivity contribution >= 4 is 29.5 Å². The highest BCUT2D eigenvalue weighted by Gasteiger charge is 2.07. The highest BCUT2D eigenvalue weighted by atomic mass is 32.2. The number of anilines is 1. The van der Waals surface area contributed by atoms with Gasteiger partial charge in [-0.05, 0) is 24.6 Å². The second-order valence-corrected chi connectivity index (χ2v) is 5.43. The van der Waals surface area contributed by atoms with Crippen molar-refractivity contribution < 1.29 is 19.2 Å². The van der Waals surface area contributed by atoms with E-state index in [0.29, 0.717) is 11.6 Å². The molecule has 2 N–H and O–H groups in total. The van der Waals surface area contributed by atoms with E-state index in [1.807, 2.05) is 0 Å². The third-order valence-corrected chi connectivity index (χ3v) is 3.55. The maximum Gasteiger partial charge on any atom is 0.307 e. The Morgan fingerprint density at radius 2 is 2.05 bits per heavy atom. The van der Waals surface area contributed by atoms with Gasteiger partial charge in [0, 0.05) is 11.0 Å². The molecule has 0 saturated carbocycles. The minimum atomic E-state index is -0.864. The van der Waals surface area contributed by atoms with Crippen LogP contribution in [0.15, 0.2) is 39.8 Å². The van der Waals surface area contributed by atoms with Crippen LogP contribution in [-0.2, 0) is 16.0 Å². The van der Waals surface area contributed by atoms with Gasteiger partial charge in [0.25, 0.3) is 0 Å². The summed E-state index contributed by atoms with van der Waals surface area (Å²) in [5, 5.41) is 15.0. The number of amides is 1. The molecule has 1 aromatic heterocycles. The van der Waals surface area contributed by atoms with Crippen molar-refractivity contribution in [1.29, 1.82) is 0 Å². The summed E-state index contributed by atoms with van der Waals surface area (Å²) in [7, 11) is 0. The van der Waals surface area contributed by atoms with Crippen molar-refractivity contribution in [1.82, 2.24) is 5.16 Å². The second-order valence-electron chi connectivity index (χ2n) is 4.38. The predicted octanol–water partition coefficient (Wildman–Crippen LogP) is 2.34. The van der Waals surface area contributed by atoms with Crippen LogP contribution in [0.3, 0.4) is 0 Å². The summed E-state index contributed by atoms with van der Waals surface area (Å²) >= 11 is 1.36. The molecule has 21 heavy (non-hydrogen) atoms. The van der Waals surface area contributed by atoms with E-state index in [-0.39, 0.29) is 18.1 Å². The number of hydrogen-bond donors (Lipinski definition) is 2. The van der Waals surface area contributed by atoms with E-state index in [4.69, 9.17) is 9.63 Å². The highest BCUT2D eigenvalue weighted by molar-refractivity contribution is 8.00. The molecule has 0 saturated heterocycles. The smallest absolute Gasteiger partial charge is 0.307 e. The van der Waals surface area contributed by atoms with E-state index in [2.05, 4.69) is 10.5 Å². The lowest BCUT2D eigenvalue weighted by Gasteiger charge is -2.03. The SMILES string of the molecule is Cc1cc(NC(=O)CSc2ccc(CC(=O)O)cc2)on1. The molecule has 0 aliphatic carbocycles. The lowest BCUT2D eigenvalue weighted by molar-refractivity contribution is -0.136. The number of aromatic nitrogens is 1. The van der Waals surface area contributed by atoms with Crippen LogP contribution in [0.4, 0.5) is 5.88 Å². The Labute approximate surface area is 125 Å². The first kappa shape index (κ1) is 15.1. The molecule has 0 radical (unpaired) electrons. The number of aliphatic carboxylic acids is 1. The number of benzene rings is 1. The summed E-state index contributed by atoms with van der Waals surface area (Å²) in [6.07, 6.45) is -0.00369. The van der Waals surface area contributed by atoms with Crippen LogP contribution in [0.1, 0.15) is 11.3 Å². The molecule has 0 fully saturated rings. The van der Waals surface area contributed by atoms with Gasteiger partial charge in [-0.1, -0.05) is 17.3 Å². The average Bonchev–Trinajstić information content (AvgIpc) is 2.83. The van der Waals surface area contributed by atoms with Crippen LogP contribution in [0.25, 0.3) is 0 Å². The molecule has 1 heterocycles. The molecular formula is C14H14N2O4S. The van der Waals surface area contributed by atoms with E-state index in [0.717, 1.165) is 10.5 Å². The predicted molar refractivity (Wildman–Crippen MR) is 78.4 cm³/mol. The minimum Gasteiger partial charge on any atom is -0.481 e. The third kappa shape index (κ3) is 4.96. The molecule has 0 unspecified atom stereocenters. The van der Waals surface area contributed by atoms with Crippen molar-refractivity contribution in [3.63, 3.8) is 0 Å². The molecule has 2 rings (SSSR count). The summed E-state index contributed by atoms with van der Waals surface area (Å²) in [4.78, 5) is 23.2. The first-order valence-corrected chi connectivity index (χ1v) is 7.18. The van der Waals surface area contributed by atoms with Crippen LogP contribution in [0, 0.1) is 6.92 Å². The number of carboxylic acids is 1. The molecule has 0 bridgehead atoms. The van der Waals surface area contributed by atoms with Gasteiger partial charge >= 0.3 is 5.97 Å². The van der Waals surface area contributed by atoms with Gasteiger partial charge in [0.1, 0.15) is 0 Å². The highest BCUT2D eigenvalue weighted by Crippen LogP contribution is 2.19. The fraction of sp³-hybridized carbons (Fsp3) is 0.214. The van der Waals surface area contributed by atoms with Crippen molar-refractivity contribution in [2.75, 3.05) is 11.1 Å². The van der Waals surface area contributed by atoms with E-state index in [9.17, 15) is 9.59 Å². The number of nitrogens with one attached hydrogen (secondary N) is 1. The molecule has 6 nitrogen and oxygen atoms in total. The van der Waals surface area contributed by atoms with Gasteiger partial charge in [-0.15, -0.1) is 11.8 Å². The zero-order valence-electron chi connectivity index (χ0n) is 11.3. The van der Waals surface area contributed by atoms with Crippen molar-refractivity contribution in [3.05, 3.63) is 41.6 Å². The number of carboxylic acid groups (broad SMARTS) is 1. The van der Waals surface area contributed by atoms with Crippen molar-refractivity contribution in [2.45, 2.75) is 18.2 Å². The average molecular weight is 306 g/mol. The van der Waals surface area contributed by atoms with Crippen LogP contribution < -0.4 is 5.32 Å². The largest absolute Gasteiger partial charge is 0.481 e. The Balaban J connectivity index is 1.82. The number of aryl methyl sites for hydroxylation is 1. The minimum absolute atomic E-state index is 0.00369. The van der Waals surface area contributed by atoms with Gasteiger partial charge < -0.3 is 9.63 Å². The normalized spacial score (nSPS) is 10.3. The van der Waals surface area contributed by atoms with Gasteiger partial charge in [0.05, 0.1) is 17.9 Å². The Hall–Kier alpha value is -2.28. The zero-order chi connectivity index (χ0) is 15.2. The third-order valence-electron chi connectivity index (χ3n) is 2.54. The molecule has 110 valence electrons. The molecular weight excluding hydrogens is 292 g/mol. The summed E-state index contributed by atoms with van der Waals surface area (Å²) in [6, 6.07) is 8.73. The summed E-state index contributed by atoms with van der Waals surface area (Å²) < 4.78 is 4.89. The molecule has 0 aliphatic heterocycles. The number of carbonyl (C=O) groups is 2. The van der Waals surface area contributed by atoms with Crippen LogP contribution in [0.2, 0.25) is 0 Å². The first-order valence-electron chi connectivity index (χ1n) is 6.19. The van der Waals surface area contributed by atoms with Gasteiger partial charge in [-0.3, -0.25) is 14.9 Å². The fourth-order valence-electron chi connectivity index (χ4n) is 1.62. The van der Waals surface area contributed by atoms with Gasteiger partial charge in [-0.2, -0.15) is 0 Å². The lowest BCUT2D eigenvalue weighted by Crippen LogP contribution is -2.13. The fourth-order valence-corrected chi connectivity index (χ4v) is 2.32. The Morgan fingerprint density at radius 1 is 1.33 bits per heavy atom. The van der Waals surface area contributed by atoms with Gasteiger partial charge in [-0.25, -0.2) is 0 Å². The Bertz CT molecular complexity index is 637. The molecule has 7 heteroatoms. The molecule has 0 aliphatic rings. The molecule has 1 amide bonds. The molecule has 0 spiro atoms. The Kier molecular flexibility index (Phi) is 4.99. The van der Waals surface area contributed by atoms with Gasteiger partial charge in [0.15, 0.2) is 0 Å². The van der Waals surface area contributed by atoms with Crippen molar-refractivity contribution in [3.8, 4) is 0 Å². The van der Waals surface area contributed by atoms with E-state index in [1.165, 1.54) is 11.8 Å². The monoisotopic (exact) mass is 306 g/mol. The van der Waals surface area contributed by atoms with E-state index in [1.54, 1.807) is 37.3 Å². The number of rotatable bonds is 6. The number of carbonyl (C=O) groups excluding carboxylic acids is 1. The number of nitrogens with zero attached hydrogens (tertiary/aromatic N) is 1. The quantitative estimate of drug-likeness (QED) is 0.796. The zero-order valence-corrected chi connectivity index (χ0v) is 12.1. The standard InChI is InChI=1S/C14H14N2O4S/c1-9-6-13(20-16-9)15-12(17)8-21-11-4-2-10(3-5-11)7-14(18)19/h2-6H,7-8H2,1H3,(H,15,17)(H,18,19). The topological polar surface area (TPSA) is 92.4 Å². The van der Waals surface area contributed by atoms with E-state index >= 15 is 0 Å². The van der Waals surface area contributed by atoms with Crippen LogP contribution in [-0.4, -0.2) is 27.9 Å². The second kappa shape index (κ2) is 6.94. The van der Waals surface area contributed by atoms with Crippen LogP contribution >= 0.6 is 11.8 Å². The molecule has 0 atom stereocenters. The van der Waals surface area contributed by atoms with Crippen molar-refractivity contribution in [2.24, 2.45) is 0 Å². The lowest BCUT2D eigenvalue weighted by atomic mass is 10.2. The number of hydrogen-bond acceptors (Lipinski definition) is 5. The van der Waals surface area contributed by atoms with Gasteiger partial charge in [0.2, 0.25) is 11.8 Å². The van der Waals surface area contributed by atoms with Crippen LogP contribution in [0.5, 0.6) is 0 Å². The van der Waals surface area contributed by atoms with E-state index < -0.39 is 5.97 Å². The number of thioether (sulfide) groups is 1. The summed E-state index contributed by atoms with van der Waals surface area (Å²) in [5.41, 5.74) is 1.43. The maximum atomic E-state index is 11.7. The Morgan fingerprint density at radius 3 is 2.62 bits per heavy atom. The first-order chi connectivity index (χ1) is 10.0. The molecule has 2 aromatic rings. The molecule has 1 aromatic carbocycles.